The number of aromatic nitrogens is 2. The van der Waals surface area contributed by atoms with Gasteiger partial charge in [0, 0.05) is 17.9 Å². The van der Waals surface area contributed by atoms with Gasteiger partial charge in [-0.25, -0.2) is 4.39 Å². The number of nitrogens with zero attached hydrogens (tertiary/aromatic N) is 1. The molecule has 0 fully saturated rings. The normalized spacial score (nSPS) is 10.8. The number of nitrogens with one attached hydrogen (secondary N) is 1. The molecule has 4 nitrogen and oxygen atoms in total. The summed E-state index contributed by atoms with van der Waals surface area (Å²) < 4.78 is 18.5. The molecule has 0 atom stereocenters. The van der Waals surface area contributed by atoms with Crippen molar-refractivity contribution in [1.29, 1.82) is 0 Å². The second kappa shape index (κ2) is 5.48. The summed E-state index contributed by atoms with van der Waals surface area (Å²) >= 11 is 3.13. The highest BCUT2D eigenvalue weighted by Crippen LogP contribution is 2.24. The molecule has 2 rings (SSSR count). The van der Waals surface area contributed by atoms with E-state index >= 15 is 0 Å². The average molecular weight is 315 g/mol. The second-order valence-corrected chi connectivity index (χ2v) is 4.64. The Hall–Kier alpha value is -1.43. The van der Waals surface area contributed by atoms with Gasteiger partial charge in [0.1, 0.15) is 5.82 Å². The van der Waals surface area contributed by atoms with Gasteiger partial charge in [-0.2, -0.15) is 5.10 Å². The number of rotatable bonds is 4. The first-order valence-corrected chi connectivity index (χ1v) is 6.38. The third-order valence-electron chi connectivity index (χ3n) is 2.55. The SMILES string of the molecule is CCOC(=O)CCc1n[nH]c2cc(F)c(Br)cc12. The molecular formula is C12H12BrFN2O2. The van der Waals surface area contributed by atoms with Gasteiger partial charge in [-0.3, -0.25) is 9.89 Å². The molecule has 1 heterocycles. The molecule has 1 aromatic carbocycles. The molecule has 1 aromatic heterocycles. The summed E-state index contributed by atoms with van der Waals surface area (Å²) in [5.41, 5.74) is 1.35. The smallest absolute Gasteiger partial charge is 0.306 e. The first-order valence-electron chi connectivity index (χ1n) is 5.59. The van der Waals surface area contributed by atoms with Crippen LogP contribution in [0.2, 0.25) is 0 Å². The summed E-state index contributed by atoms with van der Waals surface area (Å²) in [4.78, 5) is 11.3. The Morgan fingerprint density at radius 1 is 1.56 bits per heavy atom. The lowest BCUT2D eigenvalue weighted by molar-refractivity contribution is -0.143. The van der Waals surface area contributed by atoms with Gasteiger partial charge in [-0.05, 0) is 28.9 Å². The zero-order valence-corrected chi connectivity index (χ0v) is 11.4. The summed E-state index contributed by atoms with van der Waals surface area (Å²) in [5, 5.41) is 7.65. The van der Waals surface area contributed by atoms with Gasteiger partial charge in [-0.15, -0.1) is 0 Å². The second-order valence-electron chi connectivity index (χ2n) is 3.79. The lowest BCUT2D eigenvalue weighted by atomic mass is 10.1. The lowest BCUT2D eigenvalue weighted by Crippen LogP contribution is -2.05. The summed E-state index contributed by atoms with van der Waals surface area (Å²) in [6.07, 6.45) is 0.736. The van der Waals surface area contributed by atoms with Crippen molar-refractivity contribution in [2.75, 3.05) is 6.61 Å². The van der Waals surface area contributed by atoms with E-state index in [4.69, 9.17) is 4.74 Å². The molecule has 0 amide bonds. The van der Waals surface area contributed by atoms with Crippen molar-refractivity contribution in [2.24, 2.45) is 0 Å². The molecule has 0 radical (unpaired) electrons. The minimum atomic E-state index is -0.344. The number of aryl methyl sites for hydroxylation is 1. The van der Waals surface area contributed by atoms with Crippen LogP contribution in [0.1, 0.15) is 19.0 Å². The van der Waals surface area contributed by atoms with Gasteiger partial charge < -0.3 is 4.74 Å². The third kappa shape index (κ3) is 2.69. The quantitative estimate of drug-likeness (QED) is 0.883. The Labute approximate surface area is 112 Å². The number of hydrogen-bond donors (Lipinski definition) is 1. The van der Waals surface area contributed by atoms with Crippen LogP contribution in [0.15, 0.2) is 16.6 Å². The van der Waals surface area contributed by atoms with E-state index in [0.717, 1.165) is 11.1 Å². The number of benzene rings is 1. The minimum Gasteiger partial charge on any atom is -0.466 e. The van der Waals surface area contributed by atoms with Crippen molar-refractivity contribution in [3.63, 3.8) is 0 Å². The van der Waals surface area contributed by atoms with Gasteiger partial charge in [-0.1, -0.05) is 0 Å². The summed E-state index contributed by atoms with van der Waals surface area (Å²) in [5.74, 6) is -0.599. The first kappa shape index (κ1) is 13.0. The van der Waals surface area contributed by atoms with Crippen LogP contribution in [-0.4, -0.2) is 22.8 Å². The number of ether oxygens (including phenoxy) is 1. The molecule has 6 heteroatoms. The fourth-order valence-corrected chi connectivity index (χ4v) is 2.05. The lowest BCUT2D eigenvalue weighted by Gasteiger charge is -2.00. The number of H-pyrrole nitrogens is 1. The van der Waals surface area contributed by atoms with Gasteiger partial charge in [0.15, 0.2) is 0 Å². The molecule has 0 aliphatic carbocycles. The van der Waals surface area contributed by atoms with E-state index in [-0.39, 0.29) is 18.2 Å². The zero-order valence-electron chi connectivity index (χ0n) is 9.80. The van der Waals surface area contributed by atoms with Crippen molar-refractivity contribution in [1.82, 2.24) is 10.2 Å². The van der Waals surface area contributed by atoms with E-state index in [0.29, 0.717) is 23.0 Å². The maximum Gasteiger partial charge on any atom is 0.306 e. The Kier molecular flexibility index (Phi) is 3.96. The van der Waals surface area contributed by atoms with E-state index in [1.807, 2.05) is 0 Å². The molecule has 1 N–H and O–H groups in total. The van der Waals surface area contributed by atoms with Crippen LogP contribution < -0.4 is 0 Å². The zero-order chi connectivity index (χ0) is 13.1. The molecule has 0 aliphatic heterocycles. The number of fused-ring (bicyclic) bond motifs is 1. The minimum absolute atomic E-state index is 0.255. The average Bonchev–Trinajstić information content (AvgIpc) is 2.70. The molecule has 0 aliphatic rings. The standard InChI is InChI=1S/C12H12BrFN2O2/c1-2-18-12(17)4-3-10-7-5-8(13)9(14)6-11(7)16-15-10/h5-6H,2-4H2,1H3,(H,15,16). The molecule has 0 bridgehead atoms. The Morgan fingerprint density at radius 2 is 2.33 bits per heavy atom. The van der Waals surface area contributed by atoms with Crippen molar-refractivity contribution in [2.45, 2.75) is 19.8 Å². The Balaban J connectivity index is 2.19. The highest BCUT2D eigenvalue weighted by molar-refractivity contribution is 9.10. The maximum absolute atomic E-state index is 13.3. The largest absolute Gasteiger partial charge is 0.466 e. The van der Waals surface area contributed by atoms with E-state index in [9.17, 15) is 9.18 Å². The fourth-order valence-electron chi connectivity index (χ4n) is 1.71. The Bertz CT molecular complexity index is 583. The number of esters is 1. The third-order valence-corrected chi connectivity index (χ3v) is 3.16. The van der Waals surface area contributed by atoms with E-state index in [2.05, 4.69) is 26.1 Å². The topological polar surface area (TPSA) is 55.0 Å². The van der Waals surface area contributed by atoms with Crippen molar-refractivity contribution >= 4 is 32.8 Å². The van der Waals surface area contributed by atoms with Crippen molar-refractivity contribution in [3.05, 3.63) is 28.1 Å². The highest BCUT2D eigenvalue weighted by Gasteiger charge is 2.11. The number of halogens is 2. The number of aromatic amines is 1. The van der Waals surface area contributed by atoms with Crippen molar-refractivity contribution in [3.8, 4) is 0 Å². The highest BCUT2D eigenvalue weighted by atomic mass is 79.9. The monoisotopic (exact) mass is 314 g/mol. The number of carbonyl (C=O) groups excluding carboxylic acids is 1. The summed E-state index contributed by atoms with van der Waals surface area (Å²) in [6.45, 7) is 2.14. The van der Waals surface area contributed by atoms with Gasteiger partial charge >= 0.3 is 5.97 Å². The molecular weight excluding hydrogens is 303 g/mol. The predicted octanol–water partition coefficient (Wildman–Crippen LogP) is 2.96. The molecule has 0 saturated carbocycles. The molecule has 2 aromatic rings. The van der Waals surface area contributed by atoms with E-state index < -0.39 is 0 Å². The number of hydrogen-bond acceptors (Lipinski definition) is 3. The summed E-state index contributed by atoms with van der Waals surface area (Å²) in [7, 11) is 0. The van der Waals surface area contributed by atoms with Crippen LogP contribution in [0.4, 0.5) is 4.39 Å². The molecule has 0 saturated heterocycles. The predicted molar refractivity (Wildman–Crippen MR) is 68.7 cm³/mol. The van der Waals surface area contributed by atoms with Crippen LogP contribution in [0.25, 0.3) is 10.9 Å². The van der Waals surface area contributed by atoms with Gasteiger partial charge in [0.25, 0.3) is 0 Å². The van der Waals surface area contributed by atoms with Crippen LogP contribution in [0.3, 0.4) is 0 Å². The number of carbonyl (C=O) groups is 1. The first-order chi connectivity index (χ1) is 8.61. The van der Waals surface area contributed by atoms with Gasteiger partial charge in [0.05, 0.1) is 28.7 Å². The van der Waals surface area contributed by atoms with E-state index in [1.54, 1.807) is 13.0 Å². The van der Waals surface area contributed by atoms with Gasteiger partial charge in [0.2, 0.25) is 0 Å². The van der Waals surface area contributed by atoms with Crippen LogP contribution >= 0.6 is 15.9 Å². The van der Waals surface area contributed by atoms with Crippen LogP contribution in [0.5, 0.6) is 0 Å². The maximum atomic E-state index is 13.3. The molecule has 0 unspecified atom stereocenters. The summed E-state index contributed by atoms with van der Waals surface area (Å²) in [6, 6.07) is 3.04. The van der Waals surface area contributed by atoms with Crippen LogP contribution in [0, 0.1) is 5.82 Å². The Morgan fingerprint density at radius 3 is 3.06 bits per heavy atom. The van der Waals surface area contributed by atoms with Crippen molar-refractivity contribution < 1.29 is 13.9 Å². The molecule has 0 spiro atoms. The fraction of sp³-hybridized carbons (Fsp3) is 0.333. The van der Waals surface area contributed by atoms with E-state index in [1.165, 1.54) is 6.07 Å². The molecule has 18 heavy (non-hydrogen) atoms. The van der Waals surface area contributed by atoms with Crippen LogP contribution in [-0.2, 0) is 16.0 Å². The molecule has 96 valence electrons.